The lowest BCUT2D eigenvalue weighted by Gasteiger charge is -2.08. The highest BCUT2D eigenvalue weighted by atomic mass is 15.3. The van der Waals surface area contributed by atoms with Crippen LogP contribution in [0.1, 0.15) is 16.7 Å². The maximum atomic E-state index is 5.73. The Kier molecular flexibility index (Phi) is 2.98. The van der Waals surface area contributed by atoms with E-state index >= 15 is 0 Å². The average Bonchev–Trinajstić information content (AvgIpc) is 2.78. The number of anilines is 2. The summed E-state index contributed by atoms with van der Waals surface area (Å²) >= 11 is 0. The molecule has 2 aromatic heterocycles. The lowest BCUT2D eigenvalue weighted by atomic mass is 10.1. The zero-order valence-electron chi connectivity index (χ0n) is 11.5. The van der Waals surface area contributed by atoms with Crippen molar-refractivity contribution in [3.8, 4) is 0 Å². The molecule has 3 N–H and O–H groups in total. The quantitative estimate of drug-likeness (QED) is 0.758. The molecule has 0 spiro atoms. The molecule has 1 aromatic carbocycles. The van der Waals surface area contributed by atoms with Crippen LogP contribution in [-0.2, 0) is 6.54 Å². The number of nitrogens with two attached hydrogens (primary N) is 1. The highest BCUT2D eigenvalue weighted by molar-refractivity contribution is 5.63. The molecular formula is C14H16N6. The number of aryl methyl sites for hydroxylation is 2. The van der Waals surface area contributed by atoms with Crippen LogP contribution in [0.25, 0.3) is 5.65 Å². The van der Waals surface area contributed by atoms with Crippen LogP contribution in [0.5, 0.6) is 0 Å². The fourth-order valence-corrected chi connectivity index (χ4v) is 2.33. The molecule has 0 saturated heterocycles. The molecule has 0 unspecified atom stereocenters. The van der Waals surface area contributed by atoms with Gasteiger partial charge in [0.2, 0.25) is 11.6 Å². The zero-order valence-corrected chi connectivity index (χ0v) is 11.5. The molecule has 0 aliphatic carbocycles. The molecule has 6 nitrogen and oxygen atoms in total. The summed E-state index contributed by atoms with van der Waals surface area (Å²) in [5.41, 5.74) is 10.1. The highest BCUT2D eigenvalue weighted by Gasteiger charge is 2.07. The van der Waals surface area contributed by atoms with Gasteiger partial charge in [-0.3, -0.25) is 4.40 Å². The highest BCUT2D eigenvalue weighted by Crippen LogP contribution is 2.15. The van der Waals surface area contributed by atoms with E-state index in [0.29, 0.717) is 24.0 Å². The molecule has 0 saturated carbocycles. The van der Waals surface area contributed by atoms with Crippen molar-refractivity contribution in [1.29, 1.82) is 0 Å². The second-order valence-corrected chi connectivity index (χ2v) is 4.88. The largest absolute Gasteiger partial charge is 0.368 e. The van der Waals surface area contributed by atoms with Gasteiger partial charge in [-0.1, -0.05) is 29.3 Å². The van der Waals surface area contributed by atoms with Crippen LogP contribution in [0.4, 0.5) is 11.8 Å². The normalized spacial score (nSPS) is 10.9. The third-order valence-corrected chi connectivity index (χ3v) is 3.09. The van der Waals surface area contributed by atoms with E-state index in [1.165, 1.54) is 16.7 Å². The van der Waals surface area contributed by atoms with E-state index in [-0.39, 0.29) is 0 Å². The molecule has 0 bridgehead atoms. The van der Waals surface area contributed by atoms with E-state index in [1.54, 1.807) is 16.8 Å². The van der Waals surface area contributed by atoms with E-state index in [1.807, 2.05) is 0 Å². The van der Waals surface area contributed by atoms with Gasteiger partial charge in [-0.15, -0.1) is 10.2 Å². The molecule has 0 aliphatic heterocycles. The summed E-state index contributed by atoms with van der Waals surface area (Å²) in [6.45, 7) is 4.87. The molecule has 2 heterocycles. The minimum atomic E-state index is 0.358. The summed E-state index contributed by atoms with van der Waals surface area (Å²) in [5, 5.41) is 11.2. The molecule has 0 fully saturated rings. The van der Waals surface area contributed by atoms with Crippen LogP contribution in [0.15, 0.2) is 30.6 Å². The number of nitrogens with zero attached hydrogens (tertiary/aromatic N) is 4. The van der Waals surface area contributed by atoms with Gasteiger partial charge in [0.15, 0.2) is 5.82 Å². The van der Waals surface area contributed by atoms with Gasteiger partial charge in [-0.25, -0.2) is 4.98 Å². The number of rotatable bonds is 3. The van der Waals surface area contributed by atoms with Gasteiger partial charge in [-0.05, 0) is 19.4 Å². The molecule has 20 heavy (non-hydrogen) atoms. The predicted octanol–water partition coefficient (Wildman–Crippen LogP) is 1.94. The molecule has 0 atom stereocenters. The summed E-state index contributed by atoms with van der Waals surface area (Å²) in [6.07, 6.45) is 3.42. The molecule has 0 amide bonds. The Hall–Kier alpha value is -2.63. The second-order valence-electron chi connectivity index (χ2n) is 4.88. The molecule has 6 heteroatoms. The van der Waals surface area contributed by atoms with Gasteiger partial charge in [0, 0.05) is 18.9 Å². The lowest BCUT2D eigenvalue weighted by molar-refractivity contribution is 1.07. The van der Waals surface area contributed by atoms with Crippen molar-refractivity contribution in [2.24, 2.45) is 0 Å². The minimum absolute atomic E-state index is 0.358. The van der Waals surface area contributed by atoms with Crippen molar-refractivity contribution < 1.29 is 0 Å². The standard InChI is InChI=1S/C14H16N6/c1-9-5-10(2)7-11(6-9)8-17-12-13-18-19-14(15)20(13)4-3-16-12/h3-7H,8H2,1-2H3,(H2,15,19)(H,16,17). The van der Waals surface area contributed by atoms with Gasteiger partial charge in [0.05, 0.1) is 0 Å². The topological polar surface area (TPSA) is 81.1 Å². The van der Waals surface area contributed by atoms with E-state index in [4.69, 9.17) is 5.73 Å². The van der Waals surface area contributed by atoms with Gasteiger partial charge in [0.1, 0.15) is 0 Å². The summed E-state index contributed by atoms with van der Waals surface area (Å²) in [4.78, 5) is 4.29. The number of benzene rings is 1. The first kappa shape index (κ1) is 12.4. The van der Waals surface area contributed by atoms with Crippen molar-refractivity contribution in [2.45, 2.75) is 20.4 Å². The Balaban J connectivity index is 1.86. The van der Waals surface area contributed by atoms with Crippen molar-refractivity contribution in [3.63, 3.8) is 0 Å². The third-order valence-electron chi connectivity index (χ3n) is 3.09. The SMILES string of the molecule is Cc1cc(C)cc(CNc2nccn3c(N)nnc23)c1. The zero-order chi connectivity index (χ0) is 14.1. The monoisotopic (exact) mass is 268 g/mol. The van der Waals surface area contributed by atoms with Gasteiger partial charge >= 0.3 is 0 Å². The smallest absolute Gasteiger partial charge is 0.226 e. The van der Waals surface area contributed by atoms with Gasteiger partial charge < -0.3 is 11.1 Å². The number of hydrogen-bond donors (Lipinski definition) is 2. The Morgan fingerprint density at radius 1 is 1.15 bits per heavy atom. The van der Waals surface area contributed by atoms with E-state index in [2.05, 4.69) is 52.5 Å². The summed E-state index contributed by atoms with van der Waals surface area (Å²) in [5.74, 6) is 1.03. The lowest BCUT2D eigenvalue weighted by Crippen LogP contribution is -2.04. The maximum absolute atomic E-state index is 5.73. The van der Waals surface area contributed by atoms with E-state index in [0.717, 1.165) is 0 Å². The Bertz CT molecular complexity index is 741. The Morgan fingerprint density at radius 2 is 1.90 bits per heavy atom. The summed E-state index contributed by atoms with van der Waals surface area (Å²) in [7, 11) is 0. The molecule has 0 aliphatic rings. The summed E-state index contributed by atoms with van der Waals surface area (Å²) in [6, 6.07) is 6.46. The molecule has 102 valence electrons. The minimum Gasteiger partial charge on any atom is -0.368 e. The molecule has 3 aromatic rings. The number of nitrogens with one attached hydrogen (secondary N) is 1. The van der Waals surface area contributed by atoms with Crippen molar-refractivity contribution in [1.82, 2.24) is 19.6 Å². The van der Waals surface area contributed by atoms with Crippen LogP contribution < -0.4 is 11.1 Å². The number of nitrogen functional groups attached to an aromatic ring is 1. The first-order valence-electron chi connectivity index (χ1n) is 6.40. The first-order chi connectivity index (χ1) is 9.63. The molecule has 0 radical (unpaired) electrons. The summed E-state index contributed by atoms with van der Waals surface area (Å²) < 4.78 is 1.71. The first-order valence-corrected chi connectivity index (χ1v) is 6.40. The van der Waals surface area contributed by atoms with Crippen LogP contribution >= 0.6 is 0 Å². The second kappa shape index (κ2) is 4.80. The van der Waals surface area contributed by atoms with Crippen molar-refractivity contribution in [2.75, 3.05) is 11.1 Å². The van der Waals surface area contributed by atoms with Crippen LogP contribution in [0.2, 0.25) is 0 Å². The van der Waals surface area contributed by atoms with Gasteiger partial charge in [-0.2, -0.15) is 0 Å². The Morgan fingerprint density at radius 3 is 2.65 bits per heavy atom. The van der Waals surface area contributed by atoms with Crippen LogP contribution in [0, 0.1) is 13.8 Å². The van der Waals surface area contributed by atoms with Crippen LogP contribution in [-0.4, -0.2) is 19.6 Å². The molecule has 3 rings (SSSR count). The van der Waals surface area contributed by atoms with Gasteiger partial charge in [0.25, 0.3) is 0 Å². The fourth-order valence-electron chi connectivity index (χ4n) is 2.33. The number of fused-ring (bicyclic) bond motifs is 1. The van der Waals surface area contributed by atoms with Crippen LogP contribution in [0.3, 0.4) is 0 Å². The van der Waals surface area contributed by atoms with E-state index < -0.39 is 0 Å². The van der Waals surface area contributed by atoms with E-state index in [9.17, 15) is 0 Å². The van der Waals surface area contributed by atoms with Crippen molar-refractivity contribution >= 4 is 17.4 Å². The third kappa shape index (κ3) is 2.27. The Labute approximate surface area is 116 Å². The maximum Gasteiger partial charge on any atom is 0.226 e. The number of aromatic nitrogens is 4. The average molecular weight is 268 g/mol. The molecular weight excluding hydrogens is 252 g/mol. The fraction of sp³-hybridized carbons (Fsp3) is 0.214. The number of hydrogen-bond acceptors (Lipinski definition) is 5. The van der Waals surface area contributed by atoms with Crippen molar-refractivity contribution in [3.05, 3.63) is 47.3 Å². The predicted molar refractivity (Wildman–Crippen MR) is 78.4 cm³/mol.